The third-order valence-electron chi connectivity index (χ3n) is 4.80. The number of likely N-dealkylation sites (tertiary alicyclic amines) is 1. The second kappa shape index (κ2) is 4.75. The number of hydrogen-bond acceptors (Lipinski definition) is 1. The number of carbonyl (C=O) groups excluding carboxylic acids is 1. The van der Waals surface area contributed by atoms with E-state index in [0.717, 1.165) is 18.7 Å². The highest BCUT2D eigenvalue weighted by molar-refractivity contribution is 5.94. The van der Waals surface area contributed by atoms with Gasteiger partial charge in [-0.1, -0.05) is 31.0 Å². The molecule has 2 fully saturated rings. The van der Waals surface area contributed by atoms with Gasteiger partial charge < -0.3 is 4.90 Å². The smallest absolute Gasteiger partial charge is 0.253 e. The highest BCUT2D eigenvalue weighted by Gasteiger charge is 2.37. The number of benzene rings is 1. The molecule has 2 heteroatoms. The third kappa shape index (κ3) is 2.16. The number of carbonyl (C=O) groups is 1. The van der Waals surface area contributed by atoms with Gasteiger partial charge >= 0.3 is 0 Å². The van der Waals surface area contributed by atoms with Crippen LogP contribution in [0.15, 0.2) is 30.3 Å². The predicted octanol–water partition coefficient (Wildman–Crippen LogP) is 3.48. The summed E-state index contributed by atoms with van der Waals surface area (Å²) in [6.07, 6.45) is 8.00. The van der Waals surface area contributed by atoms with Crippen molar-refractivity contribution in [2.45, 2.75) is 38.5 Å². The Hall–Kier alpha value is -1.31. The minimum Gasteiger partial charge on any atom is -0.339 e. The monoisotopic (exact) mass is 243 g/mol. The first-order valence-corrected chi connectivity index (χ1v) is 7.14. The van der Waals surface area contributed by atoms with E-state index in [1.54, 1.807) is 0 Å². The predicted molar refractivity (Wildman–Crippen MR) is 72.5 cm³/mol. The molecule has 2 aliphatic rings. The van der Waals surface area contributed by atoms with Crippen LogP contribution in [0.4, 0.5) is 0 Å². The van der Waals surface area contributed by atoms with Crippen molar-refractivity contribution in [3.63, 3.8) is 0 Å². The molecule has 0 unspecified atom stereocenters. The summed E-state index contributed by atoms with van der Waals surface area (Å²) >= 11 is 0. The molecule has 1 saturated carbocycles. The summed E-state index contributed by atoms with van der Waals surface area (Å²) in [5, 5.41) is 0. The maximum atomic E-state index is 12.3. The van der Waals surface area contributed by atoms with Crippen molar-refractivity contribution < 1.29 is 4.79 Å². The van der Waals surface area contributed by atoms with Gasteiger partial charge in [-0.25, -0.2) is 0 Å². The Bertz CT molecular complexity index is 410. The molecule has 1 aromatic carbocycles. The van der Waals surface area contributed by atoms with Crippen molar-refractivity contribution >= 4 is 5.91 Å². The fraction of sp³-hybridized carbons (Fsp3) is 0.562. The van der Waals surface area contributed by atoms with Gasteiger partial charge in [-0.05, 0) is 43.2 Å². The number of nitrogens with zero attached hydrogens (tertiary/aromatic N) is 1. The van der Waals surface area contributed by atoms with Crippen LogP contribution in [0.3, 0.4) is 0 Å². The molecule has 0 N–H and O–H groups in total. The average molecular weight is 243 g/mol. The summed E-state index contributed by atoms with van der Waals surface area (Å²) in [7, 11) is 0. The van der Waals surface area contributed by atoms with E-state index in [0.29, 0.717) is 5.41 Å². The van der Waals surface area contributed by atoms with Crippen LogP contribution < -0.4 is 0 Å². The molecule has 0 radical (unpaired) electrons. The molecule has 0 bridgehead atoms. The minimum atomic E-state index is 0.212. The van der Waals surface area contributed by atoms with Crippen molar-refractivity contribution in [3.8, 4) is 0 Å². The molecule has 1 saturated heterocycles. The quantitative estimate of drug-likeness (QED) is 0.739. The number of rotatable bonds is 1. The molecule has 1 spiro atoms. The van der Waals surface area contributed by atoms with E-state index in [1.807, 2.05) is 35.2 Å². The zero-order valence-corrected chi connectivity index (χ0v) is 10.9. The lowest BCUT2D eigenvalue weighted by atomic mass is 9.77. The highest BCUT2D eigenvalue weighted by atomic mass is 16.2. The van der Waals surface area contributed by atoms with Gasteiger partial charge in [0, 0.05) is 18.7 Å². The van der Waals surface area contributed by atoms with E-state index in [1.165, 1.54) is 38.5 Å². The average Bonchev–Trinajstić information content (AvgIpc) is 2.88. The Labute approximate surface area is 109 Å². The maximum Gasteiger partial charge on any atom is 0.253 e. The topological polar surface area (TPSA) is 20.3 Å². The molecule has 1 heterocycles. The van der Waals surface area contributed by atoms with Crippen molar-refractivity contribution in [2.24, 2.45) is 5.41 Å². The first-order chi connectivity index (χ1) is 8.79. The third-order valence-corrected chi connectivity index (χ3v) is 4.80. The van der Waals surface area contributed by atoms with E-state index in [2.05, 4.69) is 0 Å². The van der Waals surface area contributed by atoms with E-state index >= 15 is 0 Å². The molecule has 1 amide bonds. The highest BCUT2D eigenvalue weighted by Crippen LogP contribution is 2.46. The Balaban J connectivity index is 1.64. The van der Waals surface area contributed by atoms with Crippen LogP contribution in [0.1, 0.15) is 48.9 Å². The number of amides is 1. The molecular formula is C16H21NO. The van der Waals surface area contributed by atoms with Gasteiger partial charge in [0.25, 0.3) is 5.91 Å². The van der Waals surface area contributed by atoms with Gasteiger partial charge in [0.05, 0.1) is 0 Å². The lowest BCUT2D eigenvalue weighted by Crippen LogP contribution is -2.42. The molecule has 0 atom stereocenters. The maximum absolute atomic E-state index is 12.3. The summed E-state index contributed by atoms with van der Waals surface area (Å²) in [5.41, 5.74) is 1.42. The fourth-order valence-corrected chi connectivity index (χ4v) is 3.57. The summed E-state index contributed by atoms with van der Waals surface area (Å²) in [4.78, 5) is 14.4. The Kier molecular flexibility index (Phi) is 3.11. The van der Waals surface area contributed by atoms with Crippen LogP contribution in [-0.4, -0.2) is 23.9 Å². The number of hydrogen-bond donors (Lipinski definition) is 0. The largest absolute Gasteiger partial charge is 0.339 e. The first-order valence-electron chi connectivity index (χ1n) is 7.14. The fourth-order valence-electron chi connectivity index (χ4n) is 3.57. The van der Waals surface area contributed by atoms with Crippen LogP contribution in [-0.2, 0) is 0 Å². The molecule has 2 nitrogen and oxygen atoms in total. The van der Waals surface area contributed by atoms with Gasteiger partial charge in [0.1, 0.15) is 0 Å². The Morgan fingerprint density at radius 1 is 0.944 bits per heavy atom. The van der Waals surface area contributed by atoms with Gasteiger partial charge in [0.15, 0.2) is 0 Å². The Morgan fingerprint density at radius 2 is 1.56 bits per heavy atom. The van der Waals surface area contributed by atoms with Crippen molar-refractivity contribution in [1.82, 2.24) is 4.90 Å². The number of piperidine rings is 1. The van der Waals surface area contributed by atoms with Gasteiger partial charge in [-0.15, -0.1) is 0 Å². The Morgan fingerprint density at radius 3 is 2.17 bits per heavy atom. The van der Waals surface area contributed by atoms with Gasteiger partial charge in [-0.3, -0.25) is 4.79 Å². The van der Waals surface area contributed by atoms with E-state index in [4.69, 9.17) is 0 Å². The lowest BCUT2D eigenvalue weighted by Gasteiger charge is -2.39. The molecule has 1 aromatic rings. The SMILES string of the molecule is O=C(c1ccccc1)N1CCC2(CCCC2)CC1. The van der Waals surface area contributed by atoms with Gasteiger partial charge in [0.2, 0.25) is 0 Å². The molecule has 1 aliphatic carbocycles. The standard InChI is InChI=1S/C16H21NO/c18-15(14-6-2-1-3-7-14)17-12-10-16(11-13-17)8-4-5-9-16/h1-3,6-7H,4-5,8-13H2. The molecule has 0 aromatic heterocycles. The van der Waals surface area contributed by atoms with E-state index < -0.39 is 0 Å². The van der Waals surface area contributed by atoms with Crippen molar-refractivity contribution in [1.29, 1.82) is 0 Å². The summed E-state index contributed by atoms with van der Waals surface area (Å²) in [6, 6.07) is 9.68. The van der Waals surface area contributed by atoms with E-state index in [9.17, 15) is 4.79 Å². The molecule has 1 aliphatic heterocycles. The van der Waals surface area contributed by atoms with Crippen LogP contribution in [0, 0.1) is 5.41 Å². The second-order valence-corrected chi connectivity index (χ2v) is 5.87. The molecular weight excluding hydrogens is 222 g/mol. The molecule has 3 rings (SSSR count). The van der Waals surface area contributed by atoms with Gasteiger partial charge in [-0.2, -0.15) is 0 Å². The molecule has 18 heavy (non-hydrogen) atoms. The van der Waals surface area contributed by atoms with Crippen LogP contribution in [0.2, 0.25) is 0 Å². The summed E-state index contributed by atoms with van der Waals surface area (Å²) < 4.78 is 0. The summed E-state index contributed by atoms with van der Waals surface area (Å²) in [6.45, 7) is 1.90. The normalized spacial score (nSPS) is 22.3. The van der Waals surface area contributed by atoms with Crippen LogP contribution in [0.5, 0.6) is 0 Å². The molecule has 96 valence electrons. The summed E-state index contributed by atoms with van der Waals surface area (Å²) in [5.74, 6) is 0.212. The zero-order chi connectivity index (χ0) is 12.4. The van der Waals surface area contributed by atoms with E-state index in [-0.39, 0.29) is 5.91 Å². The first kappa shape index (κ1) is 11.8. The minimum absolute atomic E-state index is 0.212. The van der Waals surface area contributed by atoms with Crippen molar-refractivity contribution in [3.05, 3.63) is 35.9 Å². The second-order valence-electron chi connectivity index (χ2n) is 5.87. The van der Waals surface area contributed by atoms with Crippen LogP contribution in [0.25, 0.3) is 0 Å². The lowest BCUT2D eigenvalue weighted by molar-refractivity contribution is 0.0587. The van der Waals surface area contributed by atoms with Crippen molar-refractivity contribution in [2.75, 3.05) is 13.1 Å². The van der Waals surface area contributed by atoms with Crippen LogP contribution >= 0.6 is 0 Å². The zero-order valence-electron chi connectivity index (χ0n) is 10.9.